The molecule has 0 N–H and O–H groups in total. The summed E-state index contributed by atoms with van der Waals surface area (Å²) in [5.41, 5.74) is 0.804. The van der Waals surface area contributed by atoms with Crippen molar-refractivity contribution in [3.63, 3.8) is 0 Å². The Morgan fingerprint density at radius 2 is 2.10 bits per heavy atom. The Kier molecular flexibility index (Phi) is 4.29. The summed E-state index contributed by atoms with van der Waals surface area (Å²) in [4.78, 5) is 10.8. The quantitative estimate of drug-likeness (QED) is 0.755. The number of carbonyl (C=O) groups excluding carboxylic acids is 1. The fourth-order valence-corrected chi connectivity index (χ4v) is 2.43. The van der Waals surface area contributed by atoms with Gasteiger partial charge in [-0.25, -0.2) is 0 Å². The van der Waals surface area contributed by atoms with Crippen LogP contribution in [0.4, 0.5) is 0 Å². The van der Waals surface area contributed by atoms with Crippen molar-refractivity contribution in [3.05, 3.63) is 24.3 Å². The van der Waals surface area contributed by atoms with E-state index in [4.69, 9.17) is 4.74 Å². The lowest BCUT2D eigenvalue weighted by atomic mass is 10.2. The number of hydrogen-bond acceptors (Lipinski definition) is 6. The number of ether oxygens (including phenoxy) is 1. The third-order valence-electron chi connectivity index (χ3n) is 2.80. The van der Waals surface area contributed by atoms with E-state index in [-0.39, 0.29) is 0 Å². The second-order valence-electron chi connectivity index (χ2n) is 4.14. The number of carbonyl (C=O) groups is 1. The van der Waals surface area contributed by atoms with Gasteiger partial charge in [-0.05, 0) is 19.1 Å². The van der Waals surface area contributed by atoms with Crippen LogP contribution in [0.3, 0.4) is 0 Å². The van der Waals surface area contributed by atoms with Gasteiger partial charge < -0.3 is 19.2 Å². The fraction of sp³-hybridized carbons (Fsp3) is 0.308. The molecule has 0 aliphatic heterocycles. The zero-order chi connectivity index (χ0) is 14.7. The Hall–Kier alpha value is -2.02. The number of thioether (sulfide) groups is 1. The van der Waals surface area contributed by atoms with Gasteiger partial charge in [0, 0.05) is 12.3 Å². The van der Waals surface area contributed by atoms with Gasteiger partial charge >= 0.3 is 0 Å². The number of aromatic nitrogens is 3. The van der Waals surface area contributed by atoms with Crippen LogP contribution >= 0.6 is 11.8 Å². The molecule has 0 fully saturated rings. The molecular formula is C13H14N3O3S-. The molecule has 0 radical (unpaired) electrons. The molecule has 0 saturated carbocycles. The molecule has 0 amide bonds. The van der Waals surface area contributed by atoms with Gasteiger partial charge in [0.2, 0.25) is 0 Å². The van der Waals surface area contributed by atoms with E-state index >= 15 is 0 Å². The summed E-state index contributed by atoms with van der Waals surface area (Å²) in [5.74, 6) is 0.180. The van der Waals surface area contributed by atoms with E-state index in [9.17, 15) is 9.90 Å². The number of benzene rings is 1. The van der Waals surface area contributed by atoms with Crippen LogP contribution in [0, 0.1) is 0 Å². The summed E-state index contributed by atoms with van der Waals surface area (Å²) in [5, 5.41) is 18.7. The highest BCUT2D eigenvalue weighted by Gasteiger charge is 2.16. The largest absolute Gasteiger partial charge is 0.549 e. The van der Waals surface area contributed by atoms with Gasteiger partial charge in [0.05, 0.1) is 18.6 Å². The second kappa shape index (κ2) is 5.96. The molecular weight excluding hydrogens is 278 g/mol. The summed E-state index contributed by atoms with van der Waals surface area (Å²) in [7, 11) is 3.37. The third kappa shape index (κ3) is 2.77. The molecule has 1 aromatic carbocycles. The van der Waals surface area contributed by atoms with Gasteiger partial charge in [0.15, 0.2) is 11.0 Å². The third-order valence-corrected chi connectivity index (χ3v) is 3.91. The molecule has 1 heterocycles. The second-order valence-corrected chi connectivity index (χ2v) is 5.45. The standard InChI is InChI=1S/C13H15N3O3S/c1-8(12(17)18)20-13-15-14-11(16(13)2)9-6-4-5-7-10(9)19-3/h4-8H,1-3H3,(H,17,18)/p-1/t8-/m1/s1. The van der Waals surface area contributed by atoms with Gasteiger partial charge in [-0.2, -0.15) is 0 Å². The van der Waals surface area contributed by atoms with Gasteiger partial charge in [-0.15, -0.1) is 10.2 Å². The summed E-state index contributed by atoms with van der Waals surface area (Å²) in [6.07, 6.45) is 0. The van der Waals surface area contributed by atoms with Crippen LogP contribution in [0.2, 0.25) is 0 Å². The first-order chi connectivity index (χ1) is 9.54. The monoisotopic (exact) mass is 292 g/mol. The van der Waals surface area contributed by atoms with Gasteiger partial charge in [0.25, 0.3) is 0 Å². The van der Waals surface area contributed by atoms with E-state index in [0.29, 0.717) is 16.7 Å². The Morgan fingerprint density at radius 1 is 1.40 bits per heavy atom. The average Bonchev–Trinajstić information content (AvgIpc) is 2.80. The predicted octanol–water partition coefficient (Wildman–Crippen LogP) is 0.721. The first-order valence-electron chi connectivity index (χ1n) is 5.95. The Morgan fingerprint density at radius 3 is 2.75 bits per heavy atom. The Balaban J connectivity index is 2.36. The Bertz CT molecular complexity index is 627. The molecule has 6 nitrogen and oxygen atoms in total. The van der Waals surface area contributed by atoms with Crippen molar-refractivity contribution < 1.29 is 14.6 Å². The van der Waals surface area contributed by atoms with Crippen molar-refractivity contribution in [1.29, 1.82) is 0 Å². The highest BCUT2D eigenvalue weighted by molar-refractivity contribution is 8.00. The number of nitrogens with zero attached hydrogens (tertiary/aromatic N) is 3. The van der Waals surface area contributed by atoms with E-state index in [1.165, 1.54) is 0 Å². The first-order valence-corrected chi connectivity index (χ1v) is 6.83. The van der Waals surface area contributed by atoms with Gasteiger partial charge in [-0.1, -0.05) is 23.9 Å². The SMILES string of the molecule is COc1ccccc1-c1nnc(S[C@H](C)C(=O)[O-])n1C. The van der Waals surface area contributed by atoms with E-state index in [2.05, 4.69) is 10.2 Å². The molecule has 0 bridgehead atoms. The molecule has 0 aliphatic rings. The van der Waals surface area contributed by atoms with E-state index in [1.54, 1.807) is 25.6 Å². The van der Waals surface area contributed by atoms with Crippen molar-refractivity contribution in [3.8, 4) is 17.1 Å². The van der Waals surface area contributed by atoms with E-state index in [1.807, 2.05) is 24.3 Å². The normalized spacial score (nSPS) is 12.2. The van der Waals surface area contributed by atoms with Crippen molar-refractivity contribution in [2.75, 3.05) is 7.11 Å². The lowest BCUT2D eigenvalue weighted by Crippen LogP contribution is -2.31. The molecule has 1 aromatic heterocycles. The summed E-state index contributed by atoms with van der Waals surface area (Å²) in [6, 6.07) is 7.45. The molecule has 2 aromatic rings. The van der Waals surface area contributed by atoms with Gasteiger partial charge in [0.1, 0.15) is 5.75 Å². The Labute approximate surface area is 120 Å². The maximum absolute atomic E-state index is 10.8. The highest BCUT2D eigenvalue weighted by atomic mass is 32.2. The average molecular weight is 292 g/mol. The zero-order valence-electron chi connectivity index (χ0n) is 11.4. The summed E-state index contributed by atoms with van der Waals surface area (Å²) < 4.78 is 7.03. The maximum Gasteiger partial charge on any atom is 0.191 e. The van der Waals surface area contributed by atoms with Crippen LogP contribution in [-0.4, -0.2) is 33.1 Å². The molecule has 20 heavy (non-hydrogen) atoms. The van der Waals surface area contributed by atoms with Gasteiger partial charge in [-0.3, -0.25) is 0 Å². The zero-order valence-corrected chi connectivity index (χ0v) is 12.2. The molecule has 106 valence electrons. The fourth-order valence-electron chi connectivity index (χ4n) is 1.69. The number of methoxy groups -OCH3 is 1. The number of para-hydroxylation sites is 1. The molecule has 0 saturated heterocycles. The molecule has 0 aliphatic carbocycles. The molecule has 1 atom stereocenters. The van der Waals surface area contributed by atoms with E-state index in [0.717, 1.165) is 17.3 Å². The smallest absolute Gasteiger partial charge is 0.191 e. The van der Waals surface area contributed by atoms with Crippen LogP contribution in [0.1, 0.15) is 6.92 Å². The first kappa shape index (κ1) is 14.4. The van der Waals surface area contributed by atoms with Crippen LogP contribution in [0.15, 0.2) is 29.4 Å². The topological polar surface area (TPSA) is 80.1 Å². The van der Waals surface area contributed by atoms with Crippen LogP contribution < -0.4 is 9.84 Å². The van der Waals surface area contributed by atoms with Crippen molar-refractivity contribution in [2.24, 2.45) is 7.05 Å². The highest BCUT2D eigenvalue weighted by Crippen LogP contribution is 2.30. The summed E-state index contributed by atoms with van der Waals surface area (Å²) in [6.45, 7) is 1.55. The van der Waals surface area contributed by atoms with Crippen LogP contribution in [0.25, 0.3) is 11.4 Å². The number of carboxylic acids is 1. The molecule has 7 heteroatoms. The van der Waals surface area contributed by atoms with Crippen molar-refractivity contribution in [1.82, 2.24) is 14.8 Å². The van der Waals surface area contributed by atoms with Crippen molar-refractivity contribution >= 4 is 17.7 Å². The minimum atomic E-state index is -1.13. The molecule has 0 unspecified atom stereocenters. The number of carboxylic acid groups (broad SMARTS) is 1. The maximum atomic E-state index is 10.8. The number of hydrogen-bond donors (Lipinski definition) is 0. The van der Waals surface area contributed by atoms with Crippen LogP contribution in [0.5, 0.6) is 5.75 Å². The minimum Gasteiger partial charge on any atom is -0.549 e. The van der Waals surface area contributed by atoms with E-state index < -0.39 is 11.2 Å². The molecule has 2 rings (SSSR count). The predicted molar refractivity (Wildman–Crippen MR) is 73.3 cm³/mol. The van der Waals surface area contributed by atoms with Crippen molar-refractivity contribution in [2.45, 2.75) is 17.3 Å². The van der Waals surface area contributed by atoms with Crippen LogP contribution in [-0.2, 0) is 11.8 Å². The molecule has 0 spiro atoms. The number of aliphatic carboxylic acids is 1. The minimum absolute atomic E-state index is 0.516. The number of rotatable bonds is 5. The summed E-state index contributed by atoms with van der Waals surface area (Å²) >= 11 is 1.09. The lowest BCUT2D eigenvalue weighted by molar-refractivity contribution is -0.304. The lowest BCUT2D eigenvalue weighted by Gasteiger charge is -2.11.